The second-order valence-corrected chi connectivity index (χ2v) is 4.29. The summed E-state index contributed by atoms with van der Waals surface area (Å²) >= 11 is 0. The van der Waals surface area contributed by atoms with E-state index < -0.39 is 0 Å². The first kappa shape index (κ1) is 10.2. The normalized spacial score (nSPS) is 17.5. The Balaban J connectivity index is 1.97. The van der Waals surface area contributed by atoms with Gasteiger partial charge in [-0.2, -0.15) is 0 Å². The van der Waals surface area contributed by atoms with Gasteiger partial charge in [-0.05, 0) is 31.0 Å². The second kappa shape index (κ2) is 4.49. The second-order valence-electron chi connectivity index (χ2n) is 4.29. The molecule has 0 atom stereocenters. The molecule has 1 aliphatic heterocycles. The van der Waals surface area contributed by atoms with Gasteiger partial charge < -0.3 is 5.73 Å². The van der Waals surface area contributed by atoms with Gasteiger partial charge in [-0.15, -0.1) is 0 Å². The van der Waals surface area contributed by atoms with Crippen molar-refractivity contribution < 1.29 is 0 Å². The van der Waals surface area contributed by atoms with Crippen molar-refractivity contribution in [2.24, 2.45) is 0 Å². The summed E-state index contributed by atoms with van der Waals surface area (Å²) in [5.74, 6) is 0. The SMILES string of the molecule is CC1=CCCN(Cc2ccc(N)cc2)C1. The van der Waals surface area contributed by atoms with Crippen LogP contribution in [-0.2, 0) is 6.54 Å². The van der Waals surface area contributed by atoms with Crippen molar-refractivity contribution in [3.63, 3.8) is 0 Å². The number of nitrogens with two attached hydrogens (primary N) is 1. The van der Waals surface area contributed by atoms with E-state index in [-0.39, 0.29) is 0 Å². The van der Waals surface area contributed by atoms with Gasteiger partial charge in [-0.1, -0.05) is 23.8 Å². The van der Waals surface area contributed by atoms with Crippen LogP contribution in [0.3, 0.4) is 0 Å². The van der Waals surface area contributed by atoms with Crippen molar-refractivity contribution in [3.8, 4) is 0 Å². The van der Waals surface area contributed by atoms with Crippen LogP contribution in [0.5, 0.6) is 0 Å². The average molecular weight is 202 g/mol. The maximum atomic E-state index is 5.66. The minimum Gasteiger partial charge on any atom is -0.399 e. The molecule has 1 aliphatic rings. The van der Waals surface area contributed by atoms with Crippen molar-refractivity contribution >= 4 is 5.69 Å². The molecule has 2 nitrogen and oxygen atoms in total. The molecule has 1 heterocycles. The Morgan fingerprint density at radius 2 is 2.00 bits per heavy atom. The van der Waals surface area contributed by atoms with E-state index in [4.69, 9.17) is 5.73 Å². The van der Waals surface area contributed by atoms with E-state index in [0.29, 0.717) is 0 Å². The summed E-state index contributed by atoms with van der Waals surface area (Å²) in [5, 5.41) is 0. The number of rotatable bonds is 2. The molecule has 0 radical (unpaired) electrons. The van der Waals surface area contributed by atoms with Crippen molar-refractivity contribution in [2.75, 3.05) is 18.8 Å². The molecule has 80 valence electrons. The molecule has 2 rings (SSSR count). The standard InChI is InChI=1S/C13H18N2/c1-11-3-2-8-15(9-11)10-12-4-6-13(14)7-5-12/h3-7H,2,8-10,14H2,1H3. The number of nitrogens with zero attached hydrogens (tertiary/aromatic N) is 1. The molecule has 1 aromatic rings. The van der Waals surface area contributed by atoms with Gasteiger partial charge in [0.2, 0.25) is 0 Å². The Bertz CT molecular complexity index is 351. The van der Waals surface area contributed by atoms with Crippen LogP contribution < -0.4 is 5.73 Å². The van der Waals surface area contributed by atoms with E-state index in [2.05, 4.69) is 30.0 Å². The van der Waals surface area contributed by atoms with E-state index in [1.807, 2.05) is 12.1 Å². The maximum absolute atomic E-state index is 5.66. The van der Waals surface area contributed by atoms with Crippen molar-refractivity contribution in [1.29, 1.82) is 0 Å². The molecule has 2 N–H and O–H groups in total. The highest BCUT2D eigenvalue weighted by atomic mass is 15.1. The zero-order valence-electron chi connectivity index (χ0n) is 9.24. The molecule has 0 fully saturated rings. The summed E-state index contributed by atoms with van der Waals surface area (Å²) in [4.78, 5) is 2.47. The molecule has 15 heavy (non-hydrogen) atoms. The van der Waals surface area contributed by atoms with Crippen molar-refractivity contribution in [3.05, 3.63) is 41.5 Å². The molecule has 0 saturated carbocycles. The van der Waals surface area contributed by atoms with E-state index in [0.717, 1.165) is 18.8 Å². The van der Waals surface area contributed by atoms with Gasteiger partial charge in [-0.3, -0.25) is 4.90 Å². The van der Waals surface area contributed by atoms with Crippen LogP contribution in [0.15, 0.2) is 35.9 Å². The van der Waals surface area contributed by atoms with E-state index in [1.165, 1.54) is 24.1 Å². The quantitative estimate of drug-likeness (QED) is 0.589. The summed E-state index contributed by atoms with van der Waals surface area (Å²) < 4.78 is 0. The Morgan fingerprint density at radius 3 is 2.67 bits per heavy atom. The van der Waals surface area contributed by atoms with Gasteiger partial charge in [0.05, 0.1) is 0 Å². The van der Waals surface area contributed by atoms with Gasteiger partial charge in [0.25, 0.3) is 0 Å². The van der Waals surface area contributed by atoms with Crippen molar-refractivity contribution in [2.45, 2.75) is 19.9 Å². The lowest BCUT2D eigenvalue weighted by Crippen LogP contribution is -2.28. The molecule has 0 spiro atoms. The van der Waals surface area contributed by atoms with Crippen LogP contribution in [0, 0.1) is 0 Å². The molecular weight excluding hydrogens is 184 g/mol. The first-order valence-electron chi connectivity index (χ1n) is 5.46. The molecule has 0 bridgehead atoms. The molecular formula is C13H18N2. The first-order valence-corrected chi connectivity index (χ1v) is 5.46. The predicted molar refractivity (Wildman–Crippen MR) is 64.5 cm³/mol. The number of nitrogen functional groups attached to an aromatic ring is 1. The monoisotopic (exact) mass is 202 g/mol. The summed E-state index contributed by atoms with van der Waals surface area (Å²) in [6, 6.07) is 8.18. The Labute approximate surface area is 91.4 Å². The van der Waals surface area contributed by atoms with Gasteiger partial charge in [0, 0.05) is 25.3 Å². The van der Waals surface area contributed by atoms with Crippen LogP contribution in [0.2, 0.25) is 0 Å². The molecule has 0 saturated heterocycles. The molecule has 0 aromatic heterocycles. The maximum Gasteiger partial charge on any atom is 0.0314 e. The molecule has 0 aliphatic carbocycles. The fraction of sp³-hybridized carbons (Fsp3) is 0.385. The van der Waals surface area contributed by atoms with Gasteiger partial charge in [-0.25, -0.2) is 0 Å². The largest absolute Gasteiger partial charge is 0.399 e. The number of anilines is 1. The third kappa shape index (κ3) is 2.83. The van der Waals surface area contributed by atoms with Gasteiger partial charge >= 0.3 is 0 Å². The molecule has 1 aromatic carbocycles. The Morgan fingerprint density at radius 1 is 1.27 bits per heavy atom. The fourth-order valence-electron chi connectivity index (χ4n) is 2.01. The summed E-state index contributed by atoms with van der Waals surface area (Å²) in [7, 11) is 0. The molecule has 2 heteroatoms. The third-order valence-corrected chi connectivity index (χ3v) is 2.80. The van der Waals surface area contributed by atoms with Crippen molar-refractivity contribution in [1.82, 2.24) is 4.90 Å². The zero-order chi connectivity index (χ0) is 10.7. The Kier molecular flexibility index (Phi) is 3.07. The highest BCUT2D eigenvalue weighted by Gasteiger charge is 2.09. The Hall–Kier alpha value is -1.28. The topological polar surface area (TPSA) is 29.3 Å². The molecule has 0 unspecified atom stereocenters. The van der Waals surface area contributed by atoms with Crippen LogP contribution in [0.25, 0.3) is 0 Å². The van der Waals surface area contributed by atoms with Crippen LogP contribution in [-0.4, -0.2) is 18.0 Å². The highest BCUT2D eigenvalue weighted by Crippen LogP contribution is 2.13. The summed E-state index contributed by atoms with van der Waals surface area (Å²) in [6.45, 7) is 5.51. The number of hydrogen-bond acceptors (Lipinski definition) is 2. The highest BCUT2D eigenvalue weighted by molar-refractivity contribution is 5.39. The lowest BCUT2D eigenvalue weighted by molar-refractivity contribution is 0.282. The zero-order valence-corrected chi connectivity index (χ0v) is 9.24. The number of hydrogen-bond donors (Lipinski definition) is 1. The van der Waals surface area contributed by atoms with Gasteiger partial charge in [0.1, 0.15) is 0 Å². The minimum absolute atomic E-state index is 0.841. The average Bonchev–Trinajstić information content (AvgIpc) is 2.22. The third-order valence-electron chi connectivity index (χ3n) is 2.80. The predicted octanol–water partition coefficient (Wildman–Crippen LogP) is 2.42. The van der Waals surface area contributed by atoms with Crippen LogP contribution in [0.1, 0.15) is 18.9 Å². The van der Waals surface area contributed by atoms with E-state index in [1.54, 1.807) is 0 Å². The van der Waals surface area contributed by atoms with E-state index in [9.17, 15) is 0 Å². The lowest BCUT2D eigenvalue weighted by Gasteiger charge is -2.25. The summed E-state index contributed by atoms with van der Waals surface area (Å²) in [6.07, 6.45) is 3.51. The number of benzene rings is 1. The lowest BCUT2D eigenvalue weighted by atomic mass is 10.1. The minimum atomic E-state index is 0.841. The van der Waals surface area contributed by atoms with E-state index >= 15 is 0 Å². The van der Waals surface area contributed by atoms with Gasteiger partial charge in [0.15, 0.2) is 0 Å². The van der Waals surface area contributed by atoms with Crippen LogP contribution in [0.4, 0.5) is 5.69 Å². The van der Waals surface area contributed by atoms with Crippen LogP contribution >= 0.6 is 0 Å². The summed E-state index contributed by atoms with van der Waals surface area (Å²) in [5.41, 5.74) is 9.33. The smallest absolute Gasteiger partial charge is 0.0314 e. The first-order chi connectivity index (χ1) is 7.24. The fourth-order valence-corrected chi connectivity index (χ4v) is 2.01. The molecule has 0 amide bonds.